The van der Waals surface area contributed by atoms with Crippen molar-refractivity contribution < 1.29 is 9.59 Å². The average molecular weight is 410 g/mol. The van der Waals surface area contributed by atoms with Gasteiger partial charge >= 0.3 is 0 Å². The average Bonchev–Trinajstić information content (AvgIpc) is 3.39. The van der Waals surface area contributed by atoms with Crippen molar-refractivity contribution in [1.29, 1.82) is 0 Å². The maximum Gasteiger partial charge on any atom is 0.228 e. The Bertz CT molecular complexity index is 871. The van der Waals surface area contributed by atoms with Crippen LogP contribution in [0.2, 0.25) is 0 Å². The Kier molecular flexibility index (Phi) is 6.18. The summed E-state index contributed by atoms with van der Waals surface area (Å²) in [6.45, 7) is 9.91. The van der Waals surface area contributed by atoms with Gasteiger partial charge < -0.3 is 14.4 Å². The number of imidazole rings is 1. The molecule has 2 amide bonds. The molecule has 0 saturated carbocycles. The number of nitrogens with zero attached hydrogens (tertiary/aromatic N) is 5. The van der Waals surface area contributed by atoms with Gasteiger partial charge in [-0.1, -0.05) is 32.0 Å². The van der Waals surface area contributed by atoms with Crippen molar-refractivity contribution in [3.05, 3.63) is 48.5 Å². The third kappa shape index (κ3) is 4.41. The van der Waals surface area contributed by atoms with Gasteiger partial charge in [-0.05, 0) is 12.1 Å². The lowest BCUT2D eigenvalue weighted by molar-refractivity contribution is -0.137. The molecule has 2 fully saturated rings. The van der Waals surface area contributed by atoms with Crippen LogP contribution in [0.5, 0.6) is 0 Å². The first-order valence-electron chi connectivity index (χ1n) is 10.9. The lowest BCUT2D eigenvalue weighted by atomic mass is 10.1. The van der Waals surface area contributed by atoms with Crippen LogP contribution < -0.4 is 4.90 Å². The number of anilines is 1. The van der Waals surface area contributed by atoms with E-state index < -0.39 is 0 Å². The molecule has 1 unspecified atom stereocenters. The van der Waals surface area contributed by atoms with E-state index in [0.717, 1.165) is 50.8 Å². The first kappa shape index (κ1) is 20.6. The molecule has 0 spiro atoms. The summed E-state index contributed by atoms with van der Waals surface area (Å²) in [4.78, 5) is 36.0. The van der Waals surface area contributed by atoms with Gasteiger partial charge in [-0.15, -0.1) is 0 Å². The maximum atomic E-state index is 13.0. The summed E-state index contributed by atoms with van der Waals surface area (Å²) in [7, 11) is 0. The molecular weight excluding hydrogens is 378 g/mol. The van der Waals surface area contributed by atoms with Crippen molar-refractivity contribution >= 4 is 17.5 Å². The second-order valence-electron chi connectivity index (χ2n) is 8.54. The minimum Gasteiger partial charge on any atom is -0.340 e. The molecule has 4 rings (SSSR count). The SMILES string of the molecule is CC(C)c1nccn1CCN1CCN(C(=O)C2CC(=O)N(c3ccccc3)C2)CC1. The van der Waals surface area contributed by atoms with Crippen LogP contribution in [0.4, 0.5) is 5.69 Å². The molecule has 30 heavy (non-hydrogen) atoms. The summed E-state index contributed by atoms with van der Waals surface area (Å²) in [5.74, 6) is 1.47. The smallest absolute Gasteiger partial charge is 0.228 e. The predicted molar refractivity (Wildman–Crippen MR) is 116 cm³/mol. The fraction of sp³-hybridized carbons (Fsp3) is 0.522. The van der Waals surface area contributed by atoms with E-state index in [4.69, 9.17) is 0 Å². The largest absolute Gasteiger partial charge is 0.340 e. The van der Waals surface area contributed by atoms with Crippen molar-refractivity contribution in [2.24, 2.45) is 5.92 Å². The van der Waals surface area contributed by atoms with E-state index in [2.05, 4.69) is 28.3 Å². The van der Waals surface area contributed by atoms with Gasteiger partial charge in [0.15, 0.2) is 0 Å². The molecule has 2 saturated heterocycles. The minimum atomic E-state index is -0.233. The Morgan fingerprint density at radius 1 is 1.10 bits per heavy atom. The van der Waals surface area contributed by atoms with E-state index >= 15 is 0 Å². The molecule has 2 aromatic rings. The fourth-order valence-corrected chi connectivity index (χ4v) is 4.44. The van der Waals surface area contributed by atoms with Gasteiger partial charge in [0, 0.05) is 76.2 Å². The summed E-state index contributed by atoms with van der Waals surface area (Å²) in [6.07, 6.45) is 4.23. The number of carbonyl (C=O) groups excluding carboxylic acids is 2. The highest BCUT2D eigenvalue weighted by atomic mass is 16.2. The number of aromatic nitrogens is 2. The third-order valence-corrected chi connectivity index (χ3v) is 6.15. The quantitative estimate of drug-likeness (QED) is 0.734. The van der Waals surface area contributed by atoms with Crippen LogP contribution in [-0.2, 0) is 16.1 Å². The zero-order valence-electron chi connectivity index (χ0n) is 17.9. The summed E-state index contributed by atoms with van der Waals surface area (Å²) < 4.78 is 2.23. The Morgan fingerprint density at radius 2 is 1.83 bits per heavy atom. The van der Waals surface area contributed by atoms with Crippen LogP contribution in [0.25, 0.3) is 0 Å². The molecule has 1 atom stereocenters. The van der Waals surface area contributed by atoms with Gasteiger partial charge in [-0.3, -0.25) is 14.5 Å². The highest BCUT2D eigenvalue weighted by molar-refractivity contribution is 6.00. The van der Waals surface area contributed by atoms with Gasteiger partial charge in [0.25, 0.3) is 0 Å². The second-order valence-corrected chi connectivity index (χ2v) is 8.54. The van der Waals surface area contributed by atoms with Crippen LogP contribution in [0.15, 0.2) is 42.7 Å². The Hall–Kier alpha value is -2.67. The van der Waals surface area contributed by atoms with Crippen LogP contribution >= 0.6 is 0 Å². The number of amides is 2. The molecule has 1 aromatic heterocycles. The van der Waals surface area contributed by atoms with E-state index in [-0.39, 0.29) is 17.7 Å². The molecule has 0 radical (unpaired) electrons. The van der Waals surface area contributed by atoms with E-state index in [1.54, 1.807) is 4.90 Å². The Morgan fingerprint density at radius 3 is 2.53 bits per heavy atom. The highest BCUT2D eigenvalue weighted by Crippen LogP contribution is 2.26. The molecular formula is C23H31N5O2. The number of para-hydroxylation sites is 1. The van der Waals surface area contributed by atoms with E-state index in [1.807, 2.05) is 47.6 Å². The standard InChI is InChI=1S/C23H31N5O2/c1-18(2)22-24-8-9-26(22)13-10-25-11-14-27(15-12-25)23(30)19-16-21(29)28(17-19)20-6-4-3-5-7-20/h3-9,18-19H,10-17H2,1-2H3. The van der Waals surface area contributed by atoms with Crippen molar-refractivity contribution in [2.75, 3.05) is 44.2 Å². The van der Waals surface area contributed by atoms with Crippen molar-refractivity contribution in [1.82, 2.24) is 19.4 Å². The van der Waals surface area contributed by atoms with E-state index in [1.165, 1.54) is 0 Å². The molecule has 1 aromatic carbocycles. The number of hydrogen-bond donors (Lipinski definition) is 0. The molecule has 0 bridgehead atoms. The van der Waals surface area contributed by atoms with Crippen LogP contribution in [0.1, 0.15) is 32.0 Å². The number of carbonyl (C=O) groups is 2. The Labute approximate surface area is 178 Å². The van der Waals surface area contributed by atoms with E-state index in [0.29, 0.717) is 18.9 Å². The monoisotopic (exact) mass is 409 g/mol. The molecule has 3 heterocycles. The molecule has 7 heteroatoms. The Balaban J connectivity index is 1.26. The normalized spacial score (nSPS) is 20.4. The second kappa shape index (κ2) is 9.00. The van der Waals surface area contributed by atoms with Gasteiger partial charge in [-0.25, -0.2) is 4.98 Å². The predicted octanol–water partition coefficient (Wildman–Crippen LogP) is 2.20. The maximum absolute atomic E-state index is 13.0. The summed E-state index contributed by atoms with van der Waals surface area (Å²) in [6, 6.07) is 9.63. The molecule has 2 aliphatic rings. The highest BCUT2D eigenvalue weighted by Gasteiger charge is 2.37. The molecule has 2 aliphatic heterocycles. The van der Waals surface area contributed by atoms with Crippen LogP contribution in [-0.4, -0.2) is 70.4 Å². The lowest BCUT2D eigenvalue weighted by Gasteiger charge is -2.36. The summed E-state index contributed by atoms with van der Waals surface area (Å²) >= 11 is 0. The van der Waals surface area contributed by atoms with Crippen LogP contribution in [0.3, 0.4) is 0 Å². The summed E-state index contributed by atoms with van der Waals surface area (Å²) in [5.41, 5.74) is 0.878. The zero-order chi connectivity index (χ0) is 21.1. The number of hydrogen-bond acceptors (Lipinski definition) is 4. The van der Waals surface area contributed by atoms with Gasteiger partial charge in [0.1, 0.15) is 5.82 Å². The number of rotatable bonds is 6. The molecule has 0 aliphatic carbocycles. The van der Waals surface area contributed by atoms with Gasteiger partial charge in [-0.2, -0.15) is 0 Å². The first-order valence-corrected chi connectivity index (χ1v) is 10.9. The van der Waals surface area contributed by atoms with E-state index in [9.17, 15) is 9.59 Å². The molecule has 0 N–H and O–H groups in total. The number of benzene rings is 1. The molecule has 160 valence electrons. The van der Waals surface area contributed by atoms with Crippen molar-refractivity contribution in [2.45, 2.75) is 32.7 Å². The zero-order valence-corrected chi connectivity index (χ0v) is 17.9. The van der Waals surface area contributed by atoms with Crippen molar-refractivity contribution in [3.8, 4) is 0 Å². The fourth-order valence-electron chi connectivity index (χ4n) is 4.44. The summed E-state index contributed by atoms with van der Waals surface area (Å²) in [5, 5.41) is 0. The third-order valence-electron chi connectivity index (χ3n) is 6.15. The van der Waals surface area contributed by atoms with Gasteiger partial charge in [0.05, 0.1) is 5.92 Å². The van der Waals surface area contributed by atoms with Crippen LogP contribution in [0, 0.1) is 5.92 Å². The van der Waals surface area contributed by atoms with Gasteiger partial charge in [0.2, 0.25) is 11.8 Å². The molecule has 7 nitrogen and oxygen atoms in total. The lowest BCUT2D eigenvalue weighted by Crippen LogP contribution is -2.51. The first-order chi connectivity index (χ1) is 14.5. The minimum absolute atomic E-state index is 0.0412. The van der Waals surface area contributed by atoms with Crippen molar-refractivity contribution in [3.63, 3.8) is 0 Å². The number of piperazine rings is 1. The topological polar surface area (TPSA) is 61.7 Å².